The van der Waals surface area contributed by atoms with Crippen molar-refractivity contribution in [3.05, 3.63) is 52.0 Å². The molecule has 3 rings (SSSR count). The van der Waals surface area contributed by atoms with Gasteiger partial charge in [-0.25, -0.2) is 4.39 Å². The molecule has 0 radical (unpaired) electrons. The second-order valence-electron chi connectivity index (χ2n) is 6.67. The van der Waals surface area contributed by atoms with Gasteiger partial charge in [0.25, 0.3) is 0 Å². The number of benzene rings is 2. The highest BCUT2D eigenvalue weighted by atomic mass is 35.5. The van der Waals surface area contributed by atoms with Crippen molar-refractivity contribution in [3.63, 3.8) is 0 Å². The summed E-state index contributed by atoms with van der Waals surface area (Å²) in [4.78, 5) is 4.74. The summed E-state index contributed by atoms with van der Waals surface area (Å²) in [6.45, 7) is 8.97. The first-order valence-corrected chi connectivity index (χ1v) is 10.0. The van der Waals surface area contributed by atoms with Crippen LogP contribution in [-0.2, 0) is 0 Å². The van der Waals surface area contributed by atoms with Crippen LogP contribution >= 0.6 is 23.2 Å². The molecule has 5 heteroatoms. The molecule has 2 nitrogen and oxygen atoms in total. The van der Waals surface area contributed by atoms with Crippen LogP contribution in [0.25, 0.3) is 11.1 Å². The molecule has 1 fully saturated rings. The fraction of sp³-hybridized carbons (Fsp3) is 0.429. The Morgan fingerprint density at radius 2 is 1.69 bits per heavy atom. The number of likely N-dealkylation sites (N-methyl/N-ethyl adjacent to an activating group) is 1. The molecule has 2 aromatic rings. The van der Waals surface area contributed by atoms with Gasteiger partial charge in [-0.2, -0.15) is 0 Å². The van der Waals surface area contributed by atoms with E-state index < -0.39 is 6.17 Å². The highest BCUT2D eigenvalue weighted by Crippen LogP contribution is 2.41. The number of hydrogen-bond acceptors (Lipinski definition) is 2. The van der Waals surface area contributed by atoms with Crippen molar-refractivity contribution in [2.24, 2.45) is 0 Å². The van der Waals surface area contributed by atoms with Crippen molar-refractivity contribution in [1.82, 2.24) is 4.90 Å². The summed E-state index contributed by atoms with van der Waals surface area (Å²) in [6, 6.07) is 11.6. The number of nitrogens with zero attached hydrogens (tertiary/aromatic N) is 2. The van der Waals surface area contributed by atoms with Gasteiger partial charge < -0.3 is 9.80 Å². The van der Waals surface area contributed by atoms with Crippen LogP contribution in [0.4, 0.5) is 10.1 Å². The highest BCUT2D eigenvalue weighted by molar-refractivity contribution is 6.37. The zero-order valence-electron chi connectivity index (χ0n) is 15.3. The molecule has 1 heterocycles. The molecular formula is C21H25Cl2FN2. The molecule has 26 heavy (non-hydrogen) atoms. The van der Waals surface area contributed by atoms with Gasteiger partial charge >= 0.3 is 0 Å². The third kappa shape index (κ3) is 4.00. The Morgan fingerprint density at radius 1 is 1.00 bits per heavy atom. The van der Waals surface area contributed by atoms with Crippen LogP contribution in [0.15, 0.2) is 36.4 Å². The molecule has 1 aliphatic rings. The Balaban J connectivity index is 2.05. The molecule has 1 unspecified atom stereocenters. The van der Waals surface area contributed by atoms with Gasteiger partial charge in [0.15, 0.2) is 0 Å². The first kappa shape index (κ1) is 19.5. The van der Waals surface area contributed by atoms with E-state index in [2.05, 4.69) is 22.8 Å². The van der Waals surface area contributed by atoms with E-state index in [0.29, 0.717) is 22.0 Å². The predicted molar refractivity (Wildman–Crippen MR) is 110 cm³/mol. The molecule has 1 saturated heterocycles. The summed E-state index contributed by atoms with van der Waals surface area (Å²) in [5.74, 6) is 0. The Morgan fingerprint density at radius 3 is 2.31 bits per heavy atom. The monoisotopic (exact) mass is 394 g/mol. The maximum Gasteiger partial charge on any atom is 0.126 e. The Kier molecular flexibility index (Phi) is 6.44. The van der Waals surface area contributed by atoms with E-state index in [-0.39, 0.29) is 0 Å². The van der Waals surface area contributed by atoms with Gasteiger partial charge in [0.2, 0.25) is 0 Å². The van der Waals surface area contributed by atoms with Gasteiger partial charge in [-0.1, -0.05) is 55.2 Å². The van der Waals surface area contributed by atoms with Gasteiger partial charge in [-0.15, -0.1) is 0 Å². The lowest BCUT2D eigenvalue weighted by Gasteiger charge is -2.36. The Hall–Kier alpha value is -1.29. The lowest BCUT2D eigenvalue weighted by Crippen LogP contribution is -2.46. The van der Waals surface area contributed by atoms with Crippen LogP contribution in [0.2, 0.25) is 10.0 Å². The lowest BCUT2D eigenvalue weighted by atomic mass is 9.98. The van der Waals surface area contributed by atoms with E-state index in [1.165, 1.54) is 0 Å². The van der Waals surface area contributed by atoms with Crippen LogP contribution in [0.3, 0.4) is 0 Å². The summed E-state index contributed by atoms with van der Waals surface area (Å²) in [6.07, 6.45) is -0.685. The van der Waals surface area contributed by atoms with Crippen LogP contribution in [0.5, 0.6) is 0 Å². The van der Waals surface area contributed by atoms with E-state index >= 15 is 0 Å². The highest BCUT2D eigenvalue weighted by Gasteiger charge is 2.22. The number of piperazine rings is 1. The fourth-order valence-electron chi connectivity index (χ4n) is 3.46. The van der Waals surface area contributed by atoms with Crippen molar-refractivity contribution >= 4 is 28.9 Å². The summed E-state index contributed by atoms with van der Waals surface area (Å²) in [7, 11) is 0. The summed E-state index contributed by atoms with van der Waals surface area (Å²) >= 11 is 13.0. The van der Waals surface area contributed by atoms with Crippen molar-refractivity contribution in [3.8, 4) is 11.1 Å². The summed E-state index contributed by atoms with van der Waals surface area (Å²) < 4.78 is 14.6. The number of anilines is 1. The minimum Gasteiger partial charge on any atom is -0.369 e. The van der Waals surface area contributed by atoms with Crippen molar-refractivity contribution in [2.45, 2.75) is 26.4 Å². The van der Waals surface area contributed by atoms with E-state index in [1.807, 2.05) is 37.3 Å². The zero-order chi connectivity index (χ0) is 18.7. The maximum atomic E-state index is 14.6. The normalized spacial score (nSPS) is 16.7. The average Bonchev–Trinajstić information content (AvgIpc) is 2.68. The molecule has 1 aliphatic heterocycles. The van der Waals surface area contributed by atoms with Crippen molar-refractivity contribution < 1.29 is 4.39 Å². The molecule has 0 amide bonds. The van der Waals surface area contributed by atoms with Crippen LogP contribution < -0.4 is 4.90 Å². The Bertz CT molecular complexity index is 758. The van der Waals surface area contributed by atoms with E-state index in [4.69, 9.17) is 23.2 Å². The number of halogens is 3. The molecule has 0 aliphatic carbocycles. The quantitative estimate of drug-likeness (QED) is 0.593. The van der Waals surface area contributed by atoms with E-state index in [9.17, 15) is 4.39 Å². The maximum absolute atomic E-state index is 14.6. The second-order valence-corrected chi connectivity index (χ2v) is 7.46. The molecule has 0 bridgehead atoms. The topological polar surface area (TPSA) is 6.48 Å². The third-order valence-electron chi connectivity index (χ3n) is 5.13. The van der Waals surface area contributed by atoms with Crippen LogP contribution in [0, 0.1) is 0 Å². The predicted octanol–water partition coefficient (Wildman–Crippen LogP) is 6.22. The molecular weight excluding hydrogens is 370 g/mol. The minimum absolute atomic E-state index is 0.398. The zero-order valence-corrected chi connectivity index (χ0v) is 16.8. The minimum atomic E-state index is -1.08. The SMILES string of the molecule is CCC(F)c1cc(N2CCN(CC)CC2)cc(-c2ccccc2Cl)c1Cl. The lowest BCUT2D eigenvalue weighted by molar-refractivity contribution is 0.271. The van der Waals surface area contributed by atoms with Crippen LogP contribution in [0.1, 0.15) is 32.0 Å². The molecule has 0 N–H and O–H groups in total. The van der Waals surface area contributed by atoms with Gasteiger partial charge in [-0.05, 0) is 31.2 Å². The molecule has 0 saturated carbocycles. The first-order valence-electron chi connectivity index (χ1n) is 9.24. The van der Waals surface area contributed by atoms with E-state index in [0.717, 1.165) is 49.5 Å². The largest absolute Gasteiger partial charge is 0.369 e. The van der Waals surface area contributed by atoms with Crippen molar-refractivity contribution in [1.29, 1.82) is 0 Å². The van der Waals surface area contributed by atoms with Crippen molar-refractivity contribution in [2.75, 3.05) is 37.6 Å². The van der Waals surface area contributed by atoms with Gasteiger partial charge in [0, 0.05) is 53.6 Å². The molecule has 0 aromatic heterocycles. The van der Waals surface area contributed by atoms with E-state index in [1.54, 1.807) is 0 Å². The molecule has 1 atom stereocenters. The number of hydrogen-bond donors (Lipinski definition) is 0. The summed E-state index contributed by atoms with van der Waals surface area (Å²) in [5, 5.41) is 1.09. The number of rotatable bonds is 5. The van der Waals surface area contributed by atoms with Gasteiger partial charge in [0.05, 0.1) is 5.02 Å². The van der Waals surface area contributed by atoms with Gasteiger partial charge in [-0.3, -0.25) is 0 Å². The molecule has 140 valence electrons. The summed E-state index contributed by atoms with van der Waals surface area (Å²) in [5.41, 5.74) is 3.22. The Labute approximate surface area is 165 Å². The average molecular weight is 395 g/mol. The van der Waals surface area contributed by atoms with Crippen LogP contribution in [-0.4, -0.2) is 37.6 Å². The second kappa shape index (κ2) is 8.60. The molecule has 2 aromatic carbocycles. The number of alkyl halides is 1. The molecule has 0 spiro atoms. The van der Waals surface area contributed by atoms with Gasteiger partial charge in [0.1, 0.15) is 6.17 Å². The first-order chi connectivity index (χ1) is 12.5. The third-order valence-corrected chi connectivity index (χ3v) is 5.88. The smallest absolute Gasteiger partial charge is 0.126 e. The standard InChI is InChI=1S/C21H25Cl2FN2/c1-3-20(24)18-14-15(26-11-9-25(4-2)10-12-26)13-17(21(18)23)16-7-5-6-8-19(16)22/h5-8,13-14,20H,3-4,9-12H2,1-2H3. The fourth-order valence-corrected chi connectivity index (χ4v) is 4.03.